The Balaban J connectivity index is -0.000000245. The zero-order valence-electron chi connectivity index (χ0n) is 6.59. The van der Waals surface area contributed by atoms with Gasteiger partial charge in [-0.3, -0.25) is 0 Å². The third kappa shape index (κ3) is 16.1. The molecule has 0 bridgehead atoms. The Morgan fingerprint density at radius 3 is 2.10 bits per heavy atom. The Bertz CT molecular complexity index is 56.9. The van der Waals surface area contributed by atoms with Crippen LogP contribution in [0.1, 0.15) is 13.3 Å². The second kappa shape index (κ2) is 12.9. The van der Waals surface area contributed by atoms with Crippen LogP contribution in [0.3, 0.4) is 0 Å². The van der Waals surface area contributed by atoms with Gasteiger partial charge in [0.2, 0.25) is 0 Å². The molecule has 0 fully saturated rings. The van der Waals surface area contributed by atoms with Gasteiger partial charge in [0, 0.05) is 0 Å². The molecular formula is C5H15Cl2NOTi. The molecule has 64 valence electrons. The van der Waals surface area contributed by atoms with Crippen molar-refractivity contribution in [3.63, 3.8) is 0 Å². The number of rotatable bonds is 4. The molecule has 10 heavy (non-hydrogen) atoms. The van der Waals surface area contributed by atoms with Crippen LogP contribution < -0.4 is 0 Å². The molecule has 5 heteroatoms. The minimum absolute atomic E-state index is 0. The molecule has 2 nitrogen and oxygen atoms in total. The van der Waals surface area contributed by atoms with E-state index >= 15 is 0 Å². The van der Waals surface area contributed by atoms with Gasteiger partial charge in [0.15, 0.2) is 0 Å². The molecule has 0 aliphatic heterocycles. The van der Waals surface area contributed by atoms with E-state index in [0.717, 1.165) is 13.0 Å². The summed E-state index contributed by atoms with van der Waals surface area (Å²) < 4.78 is 7.43. The molecule has 0 saturated carbocycles. The van der Waals surface area contributed by atoms with E-state index in [-0.39, 0.29) is 44.6 Å². The van der Waals surface area contributed by atoms with E-state index in [1.165, 1.54) is 0 Å². The fourth-order valence-electron chi connectivity index (χ4n) is 0.277. The first-order chi connectivity index (χ1) is 3.77. The summed E-state index contributed by atoms with van der Waals surface area (Å²) in [5, 5.41) is 0. The number of hydrogen-bond donors (Lipinski definition) is 0. The SMILES string of the molecule is CCC[O][Ti][N](C)C.Cl.Cl. The van der Waals surface area contributed by atoms with Gasteiger partial charge in [0.1, 0.15) is 0 Å². The summed E-state index contributed by atoms with van der Waals surface area (Å²) in [7, 11) is 4.10. The fourth-order valence-corrected chi connectivity index (χ4v) is 1.14. The predicted molar refractivity (Wildman–Crippen MR) is 44.4 cm³/mol. The van der Waals surface area contributed by atoms with Crippen LogP contribution in [-0.2, 0) is 23.1 Å². The zero-order valence-corrected chi connectivity index (χ0v) is 9.78. The molecule has 0 atom stereocenters. The topological polar surface area (TPSA) is 12.5 Å². The molecule has 0 aliphatic carbocycles. The standard InChI is InChI=1S/C3H7O.C2H6N.2ClH.Ti/c1-2-3-4;1-3-2;;;/h2-3H2,1H3;1-2H3;2*1H;/q2*-1;;;+2. The van der Waals surface area contributed by atoms with Crippen LogP contribution in [0.2, 0.25) is 0 Å². The molecule has 0 radical (unpaired) electrons. The van der Waals surface area contributed by atoms with Crippen molar-refractivity contribution in [3.8, 4) is 0 Å². The van der Waals surface area contributed by atoms with E-state index in [1.54, 1.807) is 0 Å². The first kappa shape index (κ1) is 17.3. The molecule has 0 heterocycles. The summed E-state index contributed by atoms with van der Waals surface area (Å²) >= 11 is -0.224. The Morgan fingerprint density at radius 2 is 1.80 bits per heavy atom. The molecule has 0 amide bonds. The first-order valence-electron chi connectivity index (χ1n) is 2.82. The van der Waals surface area contributed by atoms with Gasteiger partial charge in [-0.2, -0.15) is 0 Å². The van der Waals surface area contributed by atoms with Gasteiger partial charge in [-0.15, -0.1) is 24.8 Å². The van der Waals surface area contributed by atoms with Gasteiger partial charge in [-0.05, 0) is 0 Å². The normalized spacial score (nSPS) is 8.00. The van der Waals surface area contributed by atoms with Crippen molar-refractivity contribution in [1.82, 2.24) is 3.38 Å². The van der Waals surface area contributed by atoms with Gasteiger partial charge in [0.25, 0.3) is 0 Å². The largest absolute Gasteiger partial charge is 0.147 e. The summed E-state index contributed by atoms with van der Waals surface area (Å²) in [6, 6.07) is 0. The first-order valence-corrected chi connectivity index (χ1v) is 4.15. The van der Waals surface area contributed by atoms with E-state index in [1.807, 2.05) is 0 Å². The van der Waals surface area contributed by atoms with Gasteiger partial charge in [-0.1, -0.05) is 0 Å². The molecule has 0 saturated heterocycles. The van der Waals surface area contributed by atoms with Crippen LogP contribution >= 0.6 is 24.8 Å². The van der Waals surface area contributed by atoms with Crippen LogP contribution in [0.25, 0.3) is 0 Å². The van der Waals surface area contributed by atoms with Crippen molar-refractivity contribution in [1.29, 1.82) is 0 Å². The van der Waals surface area contributed by atoms with E-state index in [4.69, 9.17) is 3.32 Å². The van der Waals surface area contributed by atoms with Gasteiger partial charge >= 0.3 is 60.5 Å². The molecule has 0 aromatic rings. The third-order valence-corrected chi connectivity index (χ3v) is 1.64. The second-order valence-electron chi connectivity index (χ2n) is 1.83. The molecule has 0 aliphatic rings. The van der Waals surface area contributed by atoms with E-state index in [2.05, 4.69) is 24.4 Å². The van der Waals surface area contributed by atoms with Crippen LogP contribution in [0.15, 0.2) is 0 Å². The minimum Gasteiger partial charge on any atom is -0.147 e. The fraction of sp³-hybridized carbons (Fsp3) is 1.00. The smallest absolute Gasteiger partial charge is 0.147 e. The monoisotopic (exact) mass is 223 g/mol. The quantitative estimate of drug-likeness (QED) is 0.532. The Kier molecular flexibility index (Phi) is 22.3. The van der Waals surface area contributed by atoms with Crippen molar-refractivity contribution in [2.45, 2.75) is 13.3 Å². The van der Waals surface area contributed by atoms with Crippen LogP contribution in [0, 0.1) is 0 Å². The second-order valence-corrected chi connectivity index (χ2v) is 3.97. The van der Waals surface area contributed by atoms with E-state index in [9.17, 15) is 0 Å². The number of hydrogen-bond acceptors (Lipinski definition) is 2. The maximum absolute atomic E-state index is 5.30. The van der Waals surface area contributed by atoms with Crippen molar-refractivity contribution >= 4 is 24.8 Å². The molecular weight excluding hydrogens is 209 g/mol. The van der Waals surface area contributed by atoms with Crippen molar-refractivity contribution in [2.24, 2.45) is 0 Å². The maximum atomic E-state index is 5.30. The Morgan fingerprint density at radius 1 is 1.30 bits per heavy atom. The van der Waals surface area contributed by atoms with Crippen molar-refractivity contribution in [2.75, 3.05) is 20.7 Å². The van der Waals surface area contributed by atoms with Crippen molar-refractivity contribution in [3.05, 3.63) is 0 Å². The average Bonchev–Trinajstić information content (AvgIpc) is 1.66. The van der Waals surface area contributed by atoms with E-state index < -0.39 is 0 Å². The van der Waals surface area contributed by atoms with Crippen molar-refractivity contribution < 1.29 is 23.1 Å². The molecule has 0 spiro atoms. The predicted octanol–water partition coefficient (Wildman–Crippen LogP) is 1.73. The summed E-state index contributed by atoms with van der Waals surface area (Å²) in [6.45, 7) is 3.06. The van der Waals surface area contributed by atoms with Crippen LogP contribution in [-0.4, -0.2) is 24.1 Å². The number of halogens is 2. The minimum atomic E-state index is -0.224. The number of nitrogens with zero attached hydrogens (tertiary/aromatic N) is 1. The zero-order chi connectivity index (χ0) is 6.41. The molecule has 0 unspecified atom stereocenters. The third-order valence-electron chi connectivity index (χ3n) is 0.553. The molecule has 0 aromatic carbocycles. The van der Waals surface area contributed by atoms with Gasteiger partial charge in [-0.25, -0.2) is 0 Å². The summed E-state index contributed by atoms with van der Waals surface area (Å²) in [6.07, 6.45) is 1.14. The summed E-state index contributed by atoms with van der Waals surface area (Å²) in [5.74, 6) is 0. The van der Waals surface area contributed by atoms with Crippen LogP contribution in [0.4, 0.5) is 0 Å². The Hall–Kier alpha value is 1.21. The Labute approximate surface area is 85.2 Å². The molecule has 0 aromatic heterocycles. The molecule has 0 N–H and O–H groups in total. The van der Waals surface area contributed by atoms with Gasteiger partial charge < -0.3 is 0 Å². The maximum Gasteiger partial charge on any atom is -0.147 e. The van der Waals surface area contributed by atoms with Gasteiger partial charge in [0.05, 0.1) is 0 Å². The summed E-state index contributed by atoms with van der Waals surface area (Å²) in [5.41, 5.74) is 0. The van der Waals surface area contributed by atoms with Crippen LogP contribution in [0.5, 0.6) is 0 Å². The molecule has 0 rings (SSSR count). The summed E-state index contributed by atoms with van der Waals surface area (Å²) in [4.78, 5) is 0. The van der Waals surface area contributed by atoms with E-state index in [0.29, 0.717) is 0 Å². The average molecular weight is 224 g/mol.